The van der Waals surface area contributed by atoms with Gasteiger partial charge in [0.05, 0.1) is 0 Å². The molecular formula is C6H6Cl2N4Zr. The predicted octanol–water partition coefficient (Wildman–Crippen LogP) is -5.57. The van der Waals surface area contributed by atoms with Gasteiger partial charge in [0, 0.05) is 0 Å². The molecule has 0 unspecified atom stereocenters. The van der Waals surface area contributed by atoms with E-state index >= 15 is 0 Å². The summed E-state index contributed by atoms with van der Waals surface area (Å²) in [5.74, 6) is 0. The number of hydrogen-bond donors (Lipinski definition) is 2. The third kappa shape index (κ3) is 11.9. The van der Waals surface area contributed by atoms with Gasteiger partial charge < -0.3 is 45.2 Å². The smallest absolute Gasteiger partial charge is 1.00 e. The molecule has 0 spiro atoms. The van der Waals surface area contributed by atoms with Crippen LogP contribution in [0.15, 0.2) is 24.5 Å². The van der Waals surface area contributed by atoms with Crippen LogP contribution in [0.1, 0.15) is 0 Å². The molecule has 0 fully saturated rings. The number of aromatic nitrogens is 4. The fourth-order valence-electron chi connectivity index (χ4n) is 0.373. The van der Waals surface area contributed by atoms with Gasteiger partial charge >= 0.3 is 26.2 Å². The second-order valence-corrected chi connectivity index (χ2v) is 1.41. The van der Waals surface area contributed by atoms with E-state index in [4.69, 9.17) is 0 Å². The number of H-pyrrole nitrogens is 2. The van der Waals surface area contributed by atoms with Crippen LogP contribution in [0.4, 0.5) is 0 Å². The Bertz CT molecular complexity index is 162. The van der Waals surface area contributed by atoms with E-state index < -0.39 is 0 Å². The van der Waals surface area contributed by atoms with Gasteiger partial charge in [0.15, 0.2) is 0 Å². The molecule has 0 aliphatic rings. The van der Waals surface area contributed by atoms with Crippen molar-refractivity contribution in [2.24, 2.45) is 0 Å². The predicted molar refractivity (Wildman–Crippen MR) is 34.8 cm³/mol. The van der Waals surface area contributed by atoms with Crippen LogP contribution in [0.3, 0.4) is 0 Å². The molecule has 0 aliphatic carbocycles. The summed E-state index contributed by atoms with van der Waals surface area (Å²) in [6.45, 7) is 0. The molecule has 4 nitrogen and oxygen atoms in total. The normalized spacial score (nSPS) is 6.15. The standard InChI is InChI=1S/2C3H3N2.2ClH.Zr/c2*1-2-4-5-3-1;;;/h2*1-2H,(H,4,5);2*1H;/q2*-1;;;+4/p-2. The molecular weight excluding hydrogens is 290 g/mol. The van der Waals surface area contributed by atoms with E-state index in [2.05, 4.69) is 32.8 Å². The van der Waals surface area contributed by atoms with Gasteiger partial charge in [-0.3, -0.25) is 0 Å². The minimum Gasteiger partial charge on any atom is -1.00 e. The topological polar surface area (TPSA) is 57.4 Å². The zero-order valence-electron chi connectivity index (χ0n) is 6.46. The molecule has 2 aromatic heterocycles. The second kappa shape index (κ2) is 14.4. The summed E-state index contributed by atoms with van der Waals surface area (Å²) in [5, 5.41) is 12.1. The zero-order valence-corrected chi connectivity index (χ0v) is 10.4. The largest absolute Gasteiger partial charge is 4.00 e. The molecule has 2 rings (SSSR count). The van der Waals surface area contributed by atoms with Gasteiger partial charge in [-0.25, -0.2) is 0 Å². The fraction of sp³-hybridized carbons (Fsp3) is 0. The molecule has 13 heavy (non-hydrogen) atoms. The Kier molecular flexibility index (Phi) is 20.6. The zero-order chi connectivity index (χ0) is 7.07. The molecule has 0 aliphatic heterocycles. The van der Waals surface area contributed by atoms with Crippen molar-refractivity contribution in [3.63, 3.8) is 0 Å². The van der Waals surface area contributed by atoms with Crippen molar-refractivity contribution in [3.05, 3.63) is 36.9 Å². The number of nitrogens with zero attached hydrogens (tertiary/aromatic N) is 2. The molecule has 0 saturated heterocycles. The van der Waals surface area contributed by atoms with Crippen LogP contribution in [0.5, 0.6) is 0 Å². The van der Waals surface area contributed by atoms with Gasteiger partial charge in [0.2, 0.25) is 0 Å². The quantitative estimate of drug-likeness (QED) is 0.477. The first-order chi connectivity index (χ1) is 5.00. The molecule has 0 atom stereocenters. The van der Waals surface area contributed by atoms with Crippen molar-refractivity contribution in [3.8, 4) is 0 Å². The number of nitrogens with one attached hydrogen (secondary N) is 2. The van der Waals surface area contributed by atoms with Crippen LogP contribution < -0.4 is 24.8 Å². The van der Waals surface area contributed by atoms with E-state index in [1.807, 2.05) is 0 Å². The fourth-order valence-corrected chi connectivity index (χ4v) is 0.373. The van der Waals surface area contributed by atoms with Crippen LogP contribution in [-0.4, -0.2) is 20.4 Å². The maximum absolute atomic E-state index is 3.47. The van der Waals surface area contributed by atoms with Gasteiger partial charge in [0.1, 0.15) is 0 Å². The van der Waals surface area contributed by atoms with Gasteiger partial charge in [-0.05, 0) is 0 Å². The van der Waals surface area contributed by atoms with Crippen LogP contribution in [-0.2, 0) is 26.2 Å². The molecule has 2 aromatic rings. The minimum absolute atomic E-state index is 0. The van der Waals surface area contributed by atoms with E-state index in [-0.39, 0.29) is 51.0 Å². The maximum atomic E-state index is 3.47. The van der Waals surface area contributed by atoms with Crippen molar-refractivity contribution < 1.29 is 51.0 Å². The van der Waals surface area contributed by atoms with Gasteiger partial charge in [-0.1, -0.05) is 0 Å². The number of rotatable bonds is 0. The molecule has 0 saturated carbocycles. The van der Waals surface area contributed by atoms with Gasteiger partial charge in [-0.15, -0.1) is 24.8 Å². The Morgan fingerprint density at radius 3 is 1.31 bits per heavy atom. The summed E-state index contributed by atoms with van der Waals surface area (Å²) in [4.78, 5) is 0. The third-order valence-electron chi connectivity index (χ3n) is 0.723. The summed E-state index contributed by atoms with van der Waals surface area (Å²) in [5.41, 5.74) is 0. The molecule has 68 valence electrons. The van der Waals surface area contributed by atoms with Crippen molar-refractivity contribution >= 4 is 0 Å². The molecule has 0 amide bonds. The van der Waals surface area contributed by atoms with Crippen molar-refractivity contribution in [2.75, 3.05) is 0 Å². The summed E-state index contributed by atoms with van der Waals surface area (Å²) < 4.78 is 0. The van der Waals surface area contributed by atoms with Crippen LogP contribution in [0.25, 0.3) is 0 Å². The van der Waals surface area contributed by atoms with Crippen molar-refractivity contribution in [2.45, 2.75) is 0 Å². The number of hydrogen-bond acceptors (Lipinski definition) is 2. The summed E-state index contributed by atoms with van der Waals surface area (Å²) in [6.07, 6.45) is 8.53. The van der Waals surface area contributed by atoms with E-state index in [0.29, 0.717) is 0 Å². The Morgan fingerprint density at radius 1 is 0.846 bits per heavy atom. The SMILES string of the molecule is [Cl-].[Cl-].[Zr+4].[c-]1cc[nH]n1.[c-]1cc[nH]n1. The number of halogens is 2. The maximum Gasteiger partial charge on any atom is 4.00 e. The van der Waals surface area contributed by atoms with Crippen LogP contribution in [0, 0.1) is 12.4 Å². The number of aromatic amines is 2. The Balaban J connectivity index is -0.000000125. The molecule has 2 N–H and O–H groups in total. The van der Waals surface area contributed by atoms with Crippen molar-refractivity contribution in [1.29, 1.82) is 0 Å². The summed E-state index contributed by atoms with van der Waals surface area (Å²) in [7, 11) is 0. The van der Waals surface area contributed by atoms with E-state index in [1.54, 1.807) is 24.5 Å². The first-order valence-electron chi connectivity index (χ1n) is 2.72. The Labute approximate surface area is 108 Å². The average Bonchev–Trinajstić information content (AvgIpc) is 2.67. The molecule has 0 radical (unpaired) electrons. The van der Waals surface area contributed by atoms with Crippen LogP contribution >= 0.6 is 0 Å². The van der Waals surface area contributed by atoms with E-state index in [0.717, 1.165) is 0 Å². The first kappa shape index (κ1) is 18.6. The summed E-state index contributed by atoms with van der Waals surface area (Å²) in [6, 6.07) is 3.42. The van der Waals surface area contributed by atoms with Crippen molar-refractivity contribution in [1.82, 2.24) is 20.4 Å². The molecule has 7 heteroatoms. The summed E-state index contributed by atoms with van der Waals surface area (Å²) >= 11 is 0. The second-order valence-electron chi connectivity index (χ2n) is 1.41. The van der Waals surface area contributed by atoms with E-state index in [1.165, 1.54) is 0 Å². The Hall–Kier alpha value is -0.117. The third-order valence-corrected chi connectivity index (χ3v) is 0.723. The molecule has 0 aromatic carbocycles. The average molecular weight is 296 g/mol. The van der Waals surface area contributed by atoms with Gasteiger partial charge in [-0.2, -0.15) is 12.1 Å². The minimum atomic E-state index is 0. The van der Waals surface area contributed by atoms with Gasteiger partial charge in [0.25, 0.3) is 0 Å². The Morgan fingerprint density at radius 2 is 1.23 bits per heavy atom. The first-order valence-corrected chi connectivity index (χ1v) is 2.72. The molecule has 0 bridgehead atoms. The molecule has 2 heterocycles. The van der Waals surface area contributed by atoms with Crippen LogP contribution in [0.2, 0.25) is 0 Å². The van der Waals surface area contributed by atoms with E-state index in [9.17, 15) is 0 Å². The monoisotopic (exact) mass is 294 g/mol.